The number of aliphatic hydroxyl groups is 1. The van der Waals surface area contributed by atoms with Gasteiger partial charge in [-0.15, -0.1) is 6.58 Å². The molecule has 0 radical (unpaired) electrons. The van der Waals surface area contributed by atoms with Crippen LogP contribution in [0.4, 0.5) is 0 Å². The van der Waals surface area contributed by atoms with E-state index in [1.807, 2.05) is 13.0 Å². The molecular weight excluding hydrogens is 501 g/mol. The summed E-state index contributed by atoms with van der Waals surface area (Å²) in [7, 11) is -4.77. The lowest BCUT2D eigenvalue weighted by molar-refractivity contribution is -0.0228. The highest BCUT2D eigenvalue weighted by Gasteiger charge is 2.51. The highest BCUT2D eigenvalue weighted by atomic mass is 28.4. The van der Waals surface area contributed by atoms with Crippen LogP contribution in [0.3, 0.4) is 0 Å². The van der Waals surface area contributed by atoms with E-state index in [9.17, 15) is 5.11 Å². The molecule has 5 heteroatoms. The molecule has 0 saturated carbocycles. The van der Waals surface area contributed by atoms with E-state index >= 15 is 0 Å². The number of hydrogen-bond acceptors (Lipinski definition) is 3. The van der Waals surface area contributed by atoms with Crippen LogP contribution in [0.2, 0.25) is 23.2 Å². The molecule has 0 aromatic heterocycles. The standard InChI is InChI=1S/C33H54O3Si2/c1-13-25(2)30(34)27(4)31(36-37(11,12)32(5,6)7)26(3)24-35-38(33(8,9)10,28-20-16-14-17-21-28)29-22-18-15-19-23-29/h13-23,25-27,30-31,34H,1,24H2,2-12H3/t25-,26+,27+,30-,31-/m0/s1. The maximum Gasteiger partial charge on any atom is 0.261 e. The van der Waals surface area contributed by atoms with Crippen molar-refractivity contribution in [1.82, 2.24) is 0 Å². The van der Waals surface area contributed by atoms with Gasteiger partial charge in [0.15, 0.2) is 8.32 Å². The van der Waals surface area contributed by atoms with Crippen molar-refractivity contribution in [1.29, 1.82) is 0 Å². The second kappa shape index (κ2) is 12.8. The average Bonchev–Trinajstić information content (AvgIpc) is 2.86. The van der Waals surface area contributed by atoms with E-state index in [0.717, 1.165) is 0 Å². The Labute approximate surface area is 235 Å². The lowest BCUT2D eigenvalue weighted by atomic mass is 9.84. The molecule has 0 aliphatic carbocycles. The first kappa shape index (κ1) is 32.7. The van der Waals surface area contributed by atoms with E-state index in [2.05, 4.69) is 136 Å². The zero-order chi connectivity index (χ0) is 28.9. The van der Waals surface area contributed by atoms with Gasteiger partial charge in [-0.3, -0.25) is 0 Å². The lowest BCUT2D eigenvalue weighted by Gasteiger charge is -2.46. The van der Waals surface area contributed by atoms with Crippen molar-refractivity contribution in [3.05, 3.63) is 73.3 Å². The number of benzene rings is 2. The Morgan fingerprint density at radius 1 is 0.816 bits per heavy atom. The van der Waals surface area contributed by atoms with Crippen LogP contribution < -0.4 is 10.4 Å². The van der Waals surface area contributed by atoms with Crippen LogP contribution in [0, 0.1) is 17.8 Å². The average molecular weight is 555 g/mol. The van der Waals surface area contributed by atoms with Crippen molar-refractivity contribution in [3.8, 4) is 0 Å². The van der Waals surface area contributed by atoms with Gasteiger partial charge in [-0.25, -0.2) is 0 Å². The summed E-state index contributed by atoms with van der Waals surface area (Å²) in [6, 6.07) is 21.6. The van der Waals surface area contributed by atoms with Crippen LogP contribution >= 0.6 is 0 Å². The van der Waals surface area contributed by atoms with Gasteiger partial charge in [-0.1, -0.05) is 129 Å². The Hall–Kier alpha value is -1.51. The third-order valence-corrected chi connectivity index (χ3v) is 18.2. The van der Waals surface area contributed by atoms with E-state index in [1.165, 1.54) is 10.4 Å². The summed E-state index contributed by atoms with van der Waals surface area (Å²) in [4.78, 5) is 0. The molecule has 5 atom stereocenters. The zero-order valence-electron chi connectivity index (χ0n) is 25.9. The molecule has 0 aliphatic rings. The van der Waals surface area contributed by atoms with Crippen LogP contribution in [0.15, 0.2) is 73.3 Å². The Bertz CT molecular complexity index is 953. The summed E-state index contributed by atoms with van der Waals surface area (Å²) < 4.78 is 14.4. The summed E-state index contributed by atoms with van der Waals surface area (Å²) in [6.07, 6.45) is 1.18. The predicted molar refractivity (Wildman–Crippen MR) is 169 cm³/mol. The normalized spacial score (nSPS) is 17.4. The highest BCUT2D eigenvalue weighted by Crippen LogP contribution is 2.41. The van der Waals surface area contributed by atoms with E-state index in [1.54, 1.807) is 0 Å². The Balaban J connectivity index is 2.54. The van der Waals surface area contributed by atoms with Crippen molar-refractivity contribution in [2.75, 3.05) is 6.61 Å². The van der Waals surface area contributed by atoms with Crippen LogP contribution in [0.5, 0.6) is 0 Å². The third kappa shape index (κ3) is 7.16. The van der Waals surface area contributed by atoms with Crippen molar-refractivity contribution in [2.24, 2.45) is 17.8 Å². The minimum atomic E-state index is -2.67. The van der Waals surface area contributed by atoms with Crippen LogP contribution in [0.1, 0.15) is 62.3 Å². The summed E-state index contributed by atoms with van der Waals surface area (Å²) in [5, 5.41) is 13.8. The molecule has 1 N–H and O–H groups in total. The Morgan fingerprint density at radius 3 is 1.63 bits per heavy atom. The quantitative estimate of drug-likeness (QED) is 0.219. The molecule has 0 unspecified atom stereocenters. The number of rotatable bonds is 12. The van der Waals surface area contributed by atoms with E-state index in [4.69, 9.17) is 8.85 Å². The molecule has 2 rings (SSSR count). The molecule has 3 nitrogen and oxygen atoms in total. The summed E-state index contributed by atoms with van der Waals surface area (Å²) in [5.41, 5.74) is 0. The molecule has 0 bridgehead atoms. The molecule has 0 spiro atoms. The van der Waals surface area contributed by atoms with E-state index < -0.39 is 22.7 Å². The maximum absolute atomic E-state index is 11.3. The lowest BCUT2D eigenvalue weighted by Crippen LogP contribution is -2.67. The van der Waals surface area contributed by atoms with Crippen molar-refractivity contribution < 1.29 is 14.0 Å². The SMILES string of the molecule is C=C[C@H](C)[C@H](O)[C@@H](C)[C@@H](O[Si](C)(C)C(C)(C)C)[C@H](C)CO[Si](c1ccccc1)(c1ccccc1)C(C)(C)C. The number of aliphatic hydroxyl groups excluding tert-OH is 1. The van der Waals surface area contributed by atoms with Crippen molar-refractivity contribution in [3.63, 3.8) is 0 Å². The van der Waals surface area contributed by atoms with Crippen molar-refractivity contribution >= 4 is 27.0 Å². The van der Waals surface area contributed by atoms with Gasteiger partial charge in [0.25, 0.3) is 8.32 Å². The van der Waals surface area contributed by atoms with Crippen LogP contribution in [-0.4, -0.2) is 40.6 Å². The topological polar surface area (TPSA) is 38.7 Å². The van der Waals surface area contributed by atoms with Gasteiger partial charge < -0.3 is 14.0 Å². The molecule has 0 saturated heterocycles. The van der Waals surface area contributed by atoms with E-state index in [0.29, 0.717) is 6.61 Å². The third-order valence-electron chi connectivity index (χ3n) is 8.74. The molecule has 2 aromatic rings. The Morgan fingerprint density at radius 2 is 1.26 bits per heavy atom. The van der Waals surface area contributed by atoms with Gasteiger partial charge in [0.05, 0.1) is 12.2 Å². The second-order valence-electron chi connectivity index (χ2n) is 13.7. The summed E-state index contributed by atoms with van der Waals surface area (Å²) in [6.45, 7) is 29.2. The van der Waals surface area contributed by atoms with Crippen LogP contribution in [0.25, 0.3) is 0 Å². The van der Waals surface area contributed by atoms with Gasteiger partial charge in [0.2, 0.25) is 0 Å². The fourth-order valence-corrected chi connectivity index (χ4v) is 11.3. The van der Waals surface area contributed by atoms with Gasteiger partial charge in [-0.2, -0.15) is 0 Å². The molecule has 0 fully saturated rings. The first-order valence-electron chi connectivity index (χ1n) is 14.2. The largest absolute Gasteiger partial charge is 0.413 e. The molecule has 38 heavy (non-hydrogen) atoms. The van der Waals surface area contributed by atoms with Gasteiger partial charge in [0, 0.05) is 24.4 Å². The minimum absolute atomic E-state index is 0.0136. The predicted octanol–water partition coefficient (Wildman–Crippen LogP) is 7.41. The number of hydrogen-bond donors (Lipinski definition) is 1. The van der Waals surface area contributed by atoms with Crippen molar-refractivity contribution in [2.45, 2.75) is 97.7 Å². The van der Waals surface area contributed by atoms with Crippen LogP contribution in [-0.2, 0) is 8.85 Å². The first-order valence-corrected chi connectivity index (χ1v) is 19.0. The fourth-order valence-electron chi connectivity index (χ4n) is 5.18. The molecule has 0 heterocycles. The maximum atomic E-state index is 11.3. The van der Waals surface area contributed by atoms with Gasteiger partial charge >= 0.3 is 0 Å². The van der Waals surface area contributed by atoms with Gasteiger partial charge in [0.1, 0.15) is 0 Å². The first-order chi connectivity index (χ1) is 17.5. The van der Waals surface area contributed by atoms with E-state index in [-0.39, 0.29) is 33.9 Å². The van der Waals surface area contributed by atoms with Gasteiger partial charge in [-0.05, 0) is 33.5 Å². The highest BCUT2D eigenvalue weighted by molar-refractivity contribution is 6.99. The zero-order valence-corrected chi connectivity index (χ0v) is 27.9. The molecule has 0 amide bonds. The fraction of sp³-hybridized carbons (Fsp3) is 0.576. The smallest absolute Gasteiger partial charge is 0.261 e. The molecular formula is C33H54O3Si2. The second-order valence-corrected chi connectivity index (χ2v) is 22.8. The molecule has 212 valence electrons. The minimum Gasteiger partial charge on any atom is -0.413 e. The molecule has 2 aromatic carbocycles. The summed E-state index contributed by atoms with van der Waals surface area (Å²) >= 11 is 0. The molecule has 0 aliphatic heterocycles. The Kier molecular flexibility index (Phi) is 11.0. The monoisotopic (exact) mass is 554 g/mol. The summed E-state index contributed by atoms with van der Waals surface area (Å²) in [5.74, 6) is 0.0163.